The minimum atomic E-state index is -1.73. The highest BCUT2D eigenvalue weighted by Crippen LogP contribution is 2.30. The molecule has 1 aromatic carbocycles. The van der Waals surface area contributed by atoms with Crippen LogP contribution in [0.3, 0.4) is 0 Å². The van der Waals surface area contributed by atoms with E-state index in [2.05, 4.69) is 0 Å². The highest BCUT2D eigenvalue weighted by Gasteiger charge is 2.50. The third-order valence-corrected chi connectivity index (χ3v) is 5.24. The SMILES string of the molecule is OC[C@H]1O[C@@H](O[C@H]2[C@H](O)[C@@H](O)C(O)O[C@@H]2CO)[C@H](OCc2ccccc2)[C@@H](O)[C@H]1O. The maximum atomic E-state index is 10.5. The van der Waals surface area contributed by atoms with Crippen molar-refractivity contribution in [2.24, 2.45) is 0 Å². The minimum Gasteiger partial charge on any atom is -0.394 e. The number of hydrogen-bond donors (Lipinski definition) is 7. The van der Waals surface area contributed by atoms with Gasteiger partial charge >= 0.3 is 0 Å². The van der Waals surface area contributed by atoms with Gasteiger partial charge in [-0.3, -0.25) is 0 Å². The van der Waals surface area contributed by atoms with Crippen molar-refractivity contribution in [3.05, 3.63) is 35.9 Å². The molecule has 0 aromatic heterocycles. The van der Waals surface area contributed by atoms with Crippen LogP contribution < -0.4 is 0 Å². The van der Waals surface area contributed by atoms with Crippen LogP contribution in [0.4, 0.5) is 0 Å². The van der Waals surface area contributed by atoms with Gasteiger partial charge in [-0.25, -0.2) is 0 Å². The van der Waals surface area contributed by atoms with Gasteiger partial charge in [0.05, 0.1) is 19.8 Å². The predicted molar refractivity (Wildman–Crippen MR) is 97.6 cm³/mol. The molecule has 170 valence electrons. The van der Waals surface area contributed by atoms with Crippen molar-refractivity contribution in [3.63, 3.8) is 0 Å². The van der Waals surface area contributed by atoms with Crippen molar-refractivity contribution in [1.29, 1.82) is 0 Å². The highest BCUT2D eigenvalue weighted by atomic mass is 16.7. The second-order valence-corrected chi connectivity index (χ2v) is 7.30. The van der Waals surface area contributed by atoms with E-state index < -0.39 is 74.6 Å². The maximum absolute atomic E-state index is 10.5. The molecule has 3 rings (SSSR count). The summed E-state index contributed by atoms with van der Waals surface area (Å²) >= 11 is 0. The molecule has 0 radical (unpaired) electrons. The lowest BCUT2D eigenvalue weighted by Gasteiger charge is -2.46. The Labute approximate surface area is 172 Å². The molecule has 2 heterocycles. The van der Waals surface area contributed by atoms with E-state index >= 15 is 0 Å². The molecule has 30 heavy (non-hydrogen) atoms. The van der Waals surface area contributed by atoms with E-state index in [9.17, 15) is 35.7 Å². The van der Waals surface area contributed by atoms with Crippen LogP contribution in [-0.4, -0.2) is 110 Å². The summed E-state index contributed by atoms with van der Waals surface area (Å²) in [5.41, 5.74) is 0.773. The summed E-state index contributed by atoms with van der Waals surface area (Å²) in [4.78, 5) is 0. The largest absolute Gasteiger partial charge is 0.394 e. The first kappa shape index (κ1) is 23.4. The Morgan fingerprint density at radius 3 is 2.00 bits per heavy atom. The molecular weight excluding hydrogens is 404 g/mol. The van der Waals surface area contributed by atoms with Gasteiger partial charge in [-0.2, -0.15) is 0 Å². The van der Waals surface area contributed by atoms with Gasteiger partial charge < -0.3 is 54.7 Å². The van der Waals surface area contributed by atoms with Crippen LogP contribution in [0.25, 0.3) is 0 Å². The van der Waals surface area contributed by atoms with Gasteiger partial charge in [0.2, 0.25) is 0 Å². The van der Waals surface area contributed by atoms with Gasteiger partial charge in [0, 0.05) is 0 Å². The Balaban J connectivity index is 1.78. The summed E-state index contributed by atoms with van der Waals surface area (Å²) in [6.07, 6.45) is -14.5. The first-order valence-electron chi connectivity index (χ1n) is 9.61. The Hall–Kier alpha value is -1.22. The zero-order valence-electron chi connectivity index (χ0n) is 16.0. The van der Waals surface area contributed by atoms with Gasteiger partial charge in [-0.05, 0) is 5.56 Å². The monoisotopic (exact) mass is 432 g/mol. The van der Waals surface area contributed by atoms with E-state index in [-0.39, 0.29) is 6.61 Å². The van der Waals surface area contributed by atoms with Gasteiger partial charge in [0.15, 0.2) is 12.6 Å². The quantitative estimate of drug-likeness (QED) is 0.231. The molecule has 0 bridgehead atoms. The first-order chi connectivity index (χ1) is 14.4. The zero-order valence-corrected chi connectivity index (χ0v) is 16.0. The molecule has 0 aliphatic carbocycles. The average molecular weight is 432 g/mol. The summed E-state index contributed by atoms with van der Waals surface area (Å²) < 4.78 is 22.0. The van der Waals surface area contributed by atoms with E-state index in [4.69, 9.17) is 18.9 Å². The van der Waals surface area contributed by atoms with Crippen LogP contribution in [0.2, 0.25) is 0 Å². The summed E-state index contributed by atoms with van der Waals surface area (Å²) in [5.74, 6) is 0. The lowest BCUT2D eigenvalue weighted by molar-refractivity contribution is -0.360. The zero-order chi connectivity index (χ0) is 21.8. The molecule has 2 aliphatic rings. The third kappa shape index (κ3) is 4.98. The summed E-state index contributed by atoms with van der Waals surface area (Å²) in [5, 5.41) is 69.5. The number of aliphatic hydroxyl groups excluding tert-OH is 7. The van der Waals surface area contributed by atoms with Crippen molar-refractivity contribution >= 4 is 0 Å². The third-order valence-electron chi connectivity index (χ3n) is 5.24. The standard InChI is InChI=1S/C19H28O11/c20-6-10-12(22)13(23)17(27-8-9-4-2-1-3-5-9)19(29-10)30-16-11(7-21)28-18(26)15(25)14(16)24/h1-5,10-26H,6-8H2/t10-,11-,12+,13+,14-,15-,16-,17-,18?,19+/m1/s1. The molecular formula is C19H28O11. The fourth-order valence-electron chi connectivity index (χ4n) is 3.50. The predicted octanol–water partition coefficient (Wildman–Crippen LogP) is -3.17. The Morgan fingerprint density at radius 1 is 0.733 bits per heavy atom. The molecule has 0 spiro atoms. The molecule has 2 saturated heterocycles. The normalized spacial score (nSPS) is 42.2. The number of ether oxygens (including phenoxy) is 4. The second-order valence-electron chi connectivity index (χ2n) is 7.30. The van der Waals surface area contributed by atoms with Crippen LogP contribution in [0.1, 0.15) is 5.56 Å². The van der Waals surface area contributed by atoms with Crippen molar-refractivity contribution < 1.29 is 54.7 Å². The van der Waals surface area contributed by atoms with Gasteiger partial charge in [0.25, 0.3) is 0 Å². The molecule has 7 N–H and O–H groups in total. The Morgan fingerprint density at radius 2 is 1.37 bits per heavy atom. The fourth-order valence-corrected chi connectivity index (χ4v) is 3.50. The molecule has 10 atom stereocenters. The molecule has 2 aliphatic heterocycles. The Bertz CT molecular complexity index is 645. The van der Waals surface area contributed by atoms with Crippen LogP contribution >= 0.6 is 0 Å². The molecule has 0 amide bonds. The topological polar surface area (TPSA) is 179 Å². The summed E-state index contributed by atoms with van der Waals surface area (Å²) in [6, 6.07) is 8.99. The van der Waals surface area contributed by atoms with Crippen molar-refractivity contribution in [2.75, 3.05) is 13.2 Å². The van der Waals surface area contributed by atoms with E-state index in [1.54, 1.807) is 24.3 Å². The van der Waals surface area contributed by atoms with Crippen LogP contribution in [0, 0.1) is 0 Å². The van der Waals surface area contributed by atoms with Crippen LogP contribution in [0.15, 0.2) is 30.3 Å². The minimum absolute atomic E-state index is 0.0385. The van der Waals surface area contributed by atoms with Gasteiger partial charge in [-0.1, -0.05) is 30.3 Å². The highest BCUT2D eigenvalue weighted by molar-refractivity contribution is 5.13. The number of hydrogen-bond acceptors (Lipinski definition) is 11. The molecule has 11 nitrogen and oxygen atoms in total. The summed E-state index contributed by atoms with van der Waals surface area (Å²) in [6.45, 7) is -1.24. The average Bonchev–Trinajstić information content (AvgIpc) is 2.76. The molecule has 2 fully saturated rings. The first-order valence-corrected chi connectivity index (χ1v) is 9.61. The van der Waals surface area contributed by atoms with E-state index in [0.717, 1.165) is 5.56 Å². The number of aliphatic hydroxyl groups is 7. The lowest BCUT2D eigenvalue weighted by atomic mass is 9.97. The van der Waals surface area contributed by atoms with E-state index in [1.807, 2.05) is 6.07 Å². The van der Waals surface area contributed by atoms with Crippen molar-refractivity contribution in [3.8, 4) is 0 Å². The Kier molecular flexibility index (Phi) is 8.12. The smallest absolute Gasteiger partial charge is 0.187 e. The van der Waals surface area contributed by atoms with Crippen LogP contribution in [0.5, 0.6) is 0 Å². The van der Waals surface area contributed by atoms with Crippen molar-refractivity contribution in [2.45, 2.75) is 68.0 Å². The van der Waals surface area contributed by atoms with Crippen LogP contribution in [-0.2, 0) is 25.6 Å². The fraction of sp³-hybridized carbons (Fsp3) is 0.684. The molecule has 0 saturated carbocycles. The second kappa shape index (κ2) is 10.4. The van der Waals surface area contributed by atoms with Gasteiger partial charge in [-0.15, -0.1) is 0 Å². The number of rotatable bonds is 7. The molecule has 11 heteroatoms. The summed E-state index contributed by atoms with van der Waals surface area (Å²) in [7, 11) is 0. The van der Waals surface area contributed by atoms with Crippen molar-refractivity contribution in [1.82, 2.24) is 0 Å². The number of benzene rings is 1. The molecule has 1 unspecified atom stereocenters. The van der Waals surface area contributed by atoms with E-state index in [0.29, 0.717) is 0 Å². The van der Waals surface area contributed by atoms with E-state index in [1.165, 1.54) is 0 Å². The lowest BCUT2D eigenvalue weighted by Crippen LogP contribution is -2.64. The van der Waals surface area contributed by atoms with Gasteiger partial charge in [0.1, 0.15) is 48.8 Å². The molecule has 1 aromatic rings. The maximum Gasteiger partial charge on any atom is 0.187 e.